The molecule has 1 unspecified atom stereocenters. The third-order valence-corrected chi connectivity index (χ3v) is 5.15. The molecule has 0 saturated heterocycles. The summed E-state index contributed by atoms with van der Waals surface area (Å²) in [5.74, 6) is -1.58. The van der Waals surface area contributed by atoms with Crippen molar-refractivity contribution >= 4 is 33.5 Å². The SMILES string of the molecule is Cc1ccc2snc(C(=O)NC(C(=O)O)c3cccc(C)c3C)c2c1. The van der Waals surface area contributed by atoms with E-state index in [0.29, 0.717) is 5.56 Å². The summed E-state index contributed by atoms with van der Waals surface area (Å²) in [6.07, 6.45) is 0. The molecule has 25 heavy (non-hydrogen) atoms. The number of carbonyl (C=O) groups is 2. The molecule has 1 aromatic heterocycles. The average molecular weight is 354 g/mol. The van der Waals surface area contributed by atoms with Gasteiger partial charge in [-0.15, -0.1) is 0 Å². The average Bonchev–Trinajstić information content (AvgIpc) is 2.98. The lowest BCUT2D eigenvalue weighted by Crippen LogP contribution is -2.34. The number of nitrogens with one attached hydrogen (secondary N) is 1. The lowest BCUT2D eigenvalue weighted by molar-refractivity contribution is -0.139. The van der Waals surface area contributed by atoms with Crippen molar-refractivity contribution in [3.63, 3.8) is 0 Å². The number of carboxylic acid groups (broad SMARTS) is 1. The van der Waals surface area contributed by atoms with Gasteiger partial charge in [0.15, 0.2) is 6.04 Å². The highest BCUT2D eigenvalue weighted by molar-refractivity contribution is 7.13. The van der Waals surface area contributed by atoms with Crippen molar-refractivity contribution in [2.45, 2.75) is 26.8 Å². The van der Waals surface area contributed by atoms with Crippen molar-refractivity contribution in [1.82, 2.24) is 9.69 Å². The smallest absolute Gasteiger partial charge is 0.330 e. The van der Waals surface area contributed by atoms with Gasteiger partial charge in [-0.25, -0.2) is 4.79 Å². The quantitative estimate of drug-likeness (QED) is 0.747. The van der Waals surface area contributed by atoms with E-state index >= 15 is 0 Å². The Morgan fingerprint density at radius 2 is 1.92 bits per heavy atom. The molecule has 1 amide bonds. The molecule has 1 atom stereocenters. The van der Waals surface area contributed by atoms with Gasteiger partial charge < -0.3 is 10.4 Å². The first-order valence-electron chi connectivity index (χ1n) is 7.84. The molecule has 0 bridgehead atoms. The molecule has 0 spiro atoms. The van der Waals surface area contributed by atoms with Crippen LogP contribution in [0.15, 0.2) is 36.4 Å². The summed E-state index contributed by atoms with van der Waals surface area (Å²) in [6, 6.07) is 10.1. The van der Waals surface area contributed by atoms with Gasteiger partial charge in [-0.2, -0.15) is 4.37 Å². The number of carboxylic acids is 1. The molecular weight excluding hydrogens is 336 g/mol. The van der Waals surface area contributed by atoms with Gasteiger partial charge in [0.05, 0.1) is 4.70 Å². The van der Waals surface area contributed by atoms with E-state index in [1.54, 1.807) is 12.1 Å². The number of benzene rings is 2. The van der Waals surface area contributed by atoms with Gasteiger partial charge in [0.1, 0.15) is 5.69 Å². The molecule has 0 radical (unpaired) electrons. The lowest BCUT2D eigenvalue weighted by Gasteiger charge is -2.17. The Morgan fingerprint density at radius 3 is 2.64 bits per heavy atom. The van der Waals surface area contributed by atoms with E-state index in [-0.39, 0.29) is 5.69 Å². The summed E-state index contributed by atoms with van der Waals surface area (Å²) >= 11 is 1.23. The second-order valence-corrected chi connectivity index (χ2v) is 6.87. The van der Waals surface area contributed by atoms with Gasteiger partial charge in [-0.1, -0.05) is 29.8 Å². The molecule has 0 aliphatic rings. The zero-order valence-electron chi connectivity index (χ0n) is 14.2. The maximum absolute atomic E-state index is 12.7. The summed E-state index contributed by atoms with van der Waals surface area (Å²) in [6.45, 7) is 5.71. The van der Waals surface area contributed by atoms with Crippen LogP contribution in [-0.2, 0) is 4.79 Å². The van der Waals surface area contributed by atoms with Gasteiger partial charge in [0.2, 0.25) is 0 Å². The highest BCUT2D eigenvalue weighted by atomic mass is 32.1. The predicted octanol–water partition coefficient (Wildman–Crippen LogP) is 3.78. The molecule has 2 N–H and O–H groups in total. The number of nitrogens with zero attached hydrogens (tertiary/aromatic N) is 1. The van der Waals surface area contributed by atoms with Crippen LogP contribution in [-0.4, -0.2) is 21.4 Å². The molecule has 6 heteroatoms. The number of hydrogen-bond donors (Lipinski definition) is 2. The fourth-order valence-electron chi connectivity index (χ4n) is 2.77. The lowest BCUT2D eigenvalue weighted by atomic mass is 9.97. The van der Waals surface area contributed by atoms with Crippen molar-refractivity contribution in [2.24, 2.45) is 0 Å². The van der Waals surface area contributed by atoms with Gasteiger partial charge in [-0.3, -0.25) is 4.79 Å². The Kier molecular flexibility index (Phi) is 4.55. The third-order valence-electron chi connectivity index (χ3n) is 4.32. The summed E-state index contributed by atoms with van der Waals surface area (Å²) in [7, 11) is 0. The van der Waals surface area contributed by atoms with Crippen LogP contribution in [0.1, 0.15) is 38.8 Å². The topological polar surface area (TPSA) is 79.3 Å². The first kappa shape index (κ1) is 17.1. The number of aryl methyl sites for hydroxylation is 2. The fourth-order valence-corrected chi connectivity index (χ4v) is 3.53. The molecule has 5 nitrogen and oxygen atoms in total. The third kappa shape index (κ3) is 3.25. The Bertz CT molecular complexity index is 978. The largest absolute Gasteiger partial charge is 0.479 e. The number of aliphatic carboxylic acids is 1. The van der Waals surface area contributed by atoms with Crippen LogP contribution in [0.4, 0.5) is 0 Å². The second kappa shape index (κ2) is 6.64. The van der Waals surface area contributed by atoms with Crippen LogP contribution in [0.5, 0.6) is 0 Å². The van der Waals surface area contributed by atoms with Crippen LogP contribution < -0.4 is 5.32 Å². The first-order valence-corrected chi connectivity index (χ1v) is 8.61. The van der Waals surface area contributed by atoms with E-state index < -0.39 is 17.9 Å². The maximum atomic E-state index is 12.7. The molecule has 0 saturated carbocycles. The minimum Gasteiger partial charge on any atom is -0.479 e. The molecule has 0 aliphatic carbocycles. The van der Waals surface area contributed by atoms with Crippen molar-refractivity contribution in [2.75, 3.05) is 0 Å². The molecule has 1 heterocycles. The van der Waals surface area contributed by atoms with Crippen molar-refractivity contribution in [3.05, 3.63) is 64.3 Å². The van der Waals surface area contributed by atoms with Crippen molar-refractivity contribution < 1.29 is 14.7 Å². The van der Waals surface area contributed by atoms with E-state index in [1.165, 1.54) is 11.5 Å². The van der Waals surface area contributed by atoms with Gasteiger partial charge in [0.25, 0.3) is 5.91 Å². The Labute approximate surface area is 149 Å². The Hall–Kier alpha value is -2.73. The molecule has 3 rings (SSSR count). The normalized spacial score (nSPS) is 12.1. The van der Waals surface area contributed by atoms with Crippen LogP contribution in [0.25, 0.3) is 10.1 Å². The van der Waals surface area contributed by atoms with Crippen LogP contribution in [0.3, 0.4) is 0 Å². The predicted molar refractivity (Wildman–Crippen MR) is 98.1 cm³/mol. The first-order chi connectivity index (χ1) is 11.9. The highest BCUT2D eigenvalue weighted by Gasteiger charge is 2.26. The number of carbonyl (C=O) groups excluding carboxylic acids is 1. The van der Waals surface area contributed by atoms with Gasteiger partial charge >= 0.3 is 5.97 Å². The molecule has 3 aromatic rings. The molecular formula is C19H18N2O3S. The maximum Gasteiger partial charge on any atom is 0.330 e. The van der Waals surface area contributed by atoms with Crippen LogP contribution in [0.2, 0.25) is 0 Å². The summed E-state index contributed by atoms with van der Waals surface area (Å²) in [5, 5.41) is 13.0. The van der Waals surface area contributed by atoms with E-state index in [9.17, 15) is 14.7 Å². The number of fused-ring (bicyclic) bond motifs is 1. The van der Waals surface area contributed by atoms with Gasteiger partial charge in [0, 0.05) is 5.39 Å². The summed E-state index contributed by atoms with van der Waals surface area (Å²) in [4.78, 5) is 24.4. The fraction of sp³-hybridized carbons (Fsp3) is 0.211. The van der Waals surface area contributed by atoms with E-state index in [2.05, 4.69) is 9.69 Å². The number of amides is 1. The molecule has 128 valence electrons. The highest BCUT2D eigenvalue weighted by Crippen LogP contribution is 2.26. The standard InChI is InChI=1S/C19H18N2O3S/c1-10-7-8-15-14(9-10)16(21-25-15)18(22)20-17(19(23)24)13-6-4-5-11(2)12(13)3/h4-9,17H,1-3H3,(H,20,22)(H,23,24). The minimum atomic E-state index is -1.12. The van der Waals surface area contributed by atoms with Crippen LogP contribution >= 0.6 is 11.5 Å². The minimum absolute atomic E-state index is 0.264. The van der Waals surface area contributed by atoms with E-state index in [4.69, 9.17) is 0 Å². The van der Waals surface area contributed by atoms with Gasteiger partial charge in [-0.05, 0) is 61.1 Å². The molecule has 0 aliphatic heterocycles. The van der Waals surface area contributed by atoms with E-state index in [0.717, 1.165) is 26.8 Å². The Morgan fingerprint density at radius 1 is 1.16 bits per heavy atom. The van der Waals surface area contributed by atoms with Crippen LogP contribution in [0, 0.1) is 20.8 Å². The molecule has 0 fully saturated rings. The number of aromatic nitrogens is 1. The van der Waals surface area contributed by atoms with E-state index in [1.807, 2.05) is 45.0 Å². The number of rotatable bonds is 4. The summed E-state index contributed by atoms with van der Waals surface area (Å²) in [5.41, 5.74) is 3.70. The summed E-state index contributed by atoms with van der Waals surface area (Å²) < 4.78 is 5.12. The zero-order valence-corrected chi connectivity index (χ0v) is 15.0. The second-order valence-electron chi connectivity index (χ2n) is 6.06. The van der Waals surface area contributed by atoms with Crippen molar-refractivity contribution in [3.8, 4) is 0 Å². The number of hydrogen-bond acceptors (Lipinski definition) is 4. The zero-order chi connectivity index (χ0) is 18.1. The Balaban J connectivity index is 1.97. The molecule has 2 aromatic carbocycles. The van der Waals surface area contributed by atoms with Crippen molar-refractivity contribution in [1.29, 1.82) is 0 Å². The monoisotopic (exact) mass is 354 g/mol.